The van der Waals surface area contributed by atoms with Crippen molar-refractivity contribution in [1.29, 1.82) is 0 Å². The topological polar surface area (TPSA) is 44.5 Å². The van der Waals surface area contributed by atoms with Crippen LogP contribution in [0.15, 0.2) is 18.2 Å². The molecule has 0 aliphatic rings. The van der Waals surface area contributed by atoms with Crippen molar-refractivity contribution in [2.75, 3.05) is 13.2 Å². The summed E-state index contributed by atoms with van der Waals surface area (Å²) in [5.74, 6) is 0.616. The molecule has 0 unspecified atom stereocenters. The smallest absolute Gasteiger partial charge is 0.272 e. The van der Waals surface area contributed by atoms with Gasteiger partial charge < -0.3 is 15.2 Å². The van der Waals surface area contributed by atoms with Crippen LogP contribution in [0.25, 0.3) is 0 Å². The van der Waals surface area contributed by atoms with Crippen LogP contribution in [0.1, 0.15) is 12.5 Å². The number of thiocarbonyl (C=S) groups is 1. The highest BCUT2D eigenvalue weighted by Gasteiger charge is 2.10. The zero-order valence-corrected chi connectivity index (χ0v) is 10.1. The summed E-state index contributed by atoms with van der Waals surface area (Å²) in [5, 5.41) is 0. The molecule has 0 amide bonds. The lowest BCUT2D eigenvalue weighted by Crippen LogP contribution is -2.11. The Morgan fingerprint density at radius 1 is 1.35 bits per heavy atom. The SMILES string of the molecule is CCOc1cc(C(N)=S)ccc1OCC(F)F. The van der Waals surface area contributed by atoms with E-state index in [1.165, 1.54) is 6.07 Å². The van der Waals surface area contributed by atoms with Crippen LogP contribution in [0, 0.1) is 0 Å². The molecule has 0 aliphatic carbocycles. The zero-order valence-electron chi connectivity index (χ0n) is 9.28. The van der Waals surface area contributed by atoms with Crippen LogP contribution in [-0.4, -0.2) is 24.6 Å². The van der Waals surface area contributed by atoms with Gasteiger partial charge in [-0.05, 0) is 25.1 Å². The van der Waals surface area contributed by atoms with E-state index in [0.29, 0.717) is 17.9 Å². The molecule has 0 saturated heterocycles. The van der Waals surface area contributed by atoms with E-state index in [-0.39, 0.29) is 10.7 Å². The van der Waals surface area contributed by atoms with Gasteiger partial charge >= 0.3 is 0 Å². The third kappa shape index (κ3) is 4.14. The molecule has 0 aromatic heterocycles. The van der Waals surface area contributed by atoms with Crippen molar-refractivity contribution in [2.45, 2.75) is 13.3 Å². The summed E-state index contributed by atoms with van der Waals surface area (Å²) in [5.41, 5.74) is 6.07. The van der Waals surface area contributed by atoms with Gasteiger partial charge in [-0.3, -0.25) is 0 Å². The maximum atomic E-state index is 12.0. The monoisotopic (exact) mass is 261 g/mol. The molecule has 0 fully saturated rings. The number of nitrogens with two attached hydrogens (primary N) is 1. The van der Waals surface area contributed by atoms with E-state index >= 15 is 0 Å². The van der Waals surface area contributed by atoms with Crippen LogP contribution in [0.5, 0.6) is 11.5 Å². The maximum absolute atomic E-state index is 12.0. The Balaban J connectivity index is 2.91. The number of alkyl halides is 2. The van der Waals surface area contributed by atoms with Crippen molar-refractivity contribution in [3.05, 3.63) is 23.8 Å². The van der Waals surface area contributed by atoms with Crippen LogP contribution in [0.2, 0.25) is 0 Å². The van der Waals surface area contributed by atoms with Crippen molar-refractivity contribution < 1.29 is 18.3 Å². The lowest BCUT2D eigenvalue weighted by molar-refractivity contribution is 0.0801. The van der Waals surface area contributed by atoms with Gasteiger partial charge in [0.1, 0.15) is 11.6 Å². The van der Waals surface area contributed by atoms with Crippen LogP contribution in [0.4, 0.5) is 8.78 Å². The molecule has 94 valence electrons. The van der Waals surface area contributed by atoms with E-state index in [2.05, 4.69) is 0 Å². The molecule has 17 heavy (non-hydrogen) atoms. The van der Waals surface area contributed by atoms with E-state index in [4.69, 9.17) is 27.4 Å². The molecule has 0 spiro atoms. The number of ether oxygens (including phenoxy) is 2. The summed E-state index contributed by atoms with van der Waals surface area (Å²) in [6.07, 6.45) is -2.53. The summed E-state index contributed by atoms with van der Waals surface area (Å²) >= 11 is 4.82. The molecule has 1 aromatic carbocycles. The van der Waals surface area contributed by atoms with Gasteiger partial charge in [-0.25, -0.2) is 8.78 Å². The van der Waals surface area contributed by atoms with Crippen LogP contribution >= 0.6 is 12.2 Å². The fourth-order valence-corrected chi connectivity index (χ4v) is 1.33. The highest BCUT2D eigenvalue weighted by molar-refractivity contribution is 7.80. The number of hydrogen-bond acceptors (Lipinski definition) is 3. The molecule has 1 aromatic rings. The van der Waals surface area contributed by atoms with E-state index in [1.54, 1.807) is 19.1 Å². The Morgan fingerprint density at radius 3 is 2.59 bits per heavy atom. The minimum atomic E-state index is -2.53. The average molecular weight is 261 g/mol. The number of benzene rings is 1. The van der Waals surface area contributed by atoms with E-state index in [1.807, 2.05) is 0 Å². The minimum Gasteiger partial charge on any atom is -0.490 e. The fourth-order valence-electron chi connectivity index (χ4n) is 1.20. The predicted molar refractivity (Wildman–Crippen MR) is 65.0 cm³/mol. The number of halogens is 2. The van der Waals surface area contributed by atoms with Gasteiger partial charge in [0.25, 0.3) is 6.43 Å². The second-order valence-corrected chi connectivity index (χ2v) is 3.60. The first kappa shape index (κ1) is 13.6. The molecule has 0 atom stereocenters. The molecule has 6 heteroatoms. The van der Waals surface area contributed by atoms with Crippen molar-refractivity contribution in [1.82, 2.24) is 0 Å². The normalized spacial score (nSPS) is 10.4. The molecule has 1 rings (SSSR count). The molecule has 3 nitrogen and oxygen atoms in total. The summed E-state index contributed by atoms with van der Waals surface area (Å²) in [6, 6.07) is 4.69. The molecule has 0 saturated carbocycles. The van der Waals surface area contributed by atoms with Crippen molar-refractivity contribution in [3.63, 3.8) is 0 Å². The van der Waals surface area contributed by atoms with Gasteiger partial charge in [0.05, 0.1) is 6.61 Å². The van der Waals surface area contributed by atoms with Crippen LogP contribution in [0.3, 0.4) is 0 Å². The van der Waals surface area contributed by atoms with Gasteiger partial charge in [0, 0.05) is 5.56 Å². The van der Waals surface area contributed by atoms with Gasteiger partial charge in [0.2, 0.25) is 0 Å². The maximum Gasteiger partial charge on any atom is 0.272 e. The van der Waals surface area contributed by atoms with E-state index in [9.17, 15) is 8.78 Å². The Bertz CT molecular complexity index is 399. The third-order valence-electron chi connectivity index (χ3n) is 1.89. The first-order valence-corrected chi connectivity index (χ1v) is 5.43. The molecule has 2 N–H and O–H groups in total. The highest BCUT2D eigenvalue weighted by atomic mass is 32.1. The number of rotatable bonds is 6. The lowest BCUT2D eigenvalue weighted by Gasteiger charge is -2.12. The zero-order chi connectivity index (χ0) is 12.8. The second kappa shape index (κ2) is 6.34. The fraction of sp³-hybridized carbons (Fsp3) is 0.364. The Hall–Kier alpha value is -1.43. The van der Waals surface area contributed by atoms with E-state index in [0.717, 1.165) is 0 Å². The number of hydrogen-bond donors (Lipinski definition) is 1. The Morgan fingerprint density at radius 2 is 2.06 bits per heavy atom. The van der Waals surface area contributed by atoms with Crippen LogP contribution < -0.4 is 15.2 Å². The largest absolute Gasteiger partial charge is 0.490 e. The quantitative estimate of drug-likeness (QED) is 0.798. The van der Waals surface area contributed by atoms with Crippen molar-refractivity contribution in [3.8, 4) is 11.5 Å². The van der Waals surface area contributed by atoms with Gasteiger partial charge in [0.15, 0.2) is 11.5 Å². The standard InChI is InChI=1S/C11H13F2NO2S/c1-2-15-9-5-7(11(14)17)3-4-8(9)16-6-10(12)13/h3-5,10H,2,6H2,1H3,(H2,14,17). The third-order valence-corrected chi connectivity index (χ3v) is 2.13. The van der Waals surface area contributed by atoms with Crippen LogP contribution in [-0.2, 0) is 0 Å². The first-order valence-electron chi connectivity index (χ1n) is 5.02. The first-order chi connectivity index (χ1) is 8.04. The van der Waals surface area contributed by atoms with E-state index < -0.39 is 13.0 Å². The minimum absolute atomic E-state index is 0.214. The Labute approximate surface area is 104 Å². The molecule has 0 radical (unpaired) electrons. The highest BCUT2D eigenvalue weighted by Crippen LogP contribution is 2.28. The summed E-state index contributed by atoms with van der Waals surface area (Å²) in [4.78, 5) is 0.214. The van der Waals surface area contributed by atoms with Crippen molar-refractivity contribution in [2.24, 2.45) is 5.73 Å². The molecular weight excluding hydrogens is 248 g/mol. The summed E-state index contributed by atoms with van der Waals surface area (Å²) in [7, 11) is 0. The lowest BCUT2D eigenvalue weighted by atomic mass is 10.2. The molecule has 0 aliphatic heterocycles. The average Bonchev–Trinajstić information content (AvgIpc) is 2.27. The van der Waals surface area contributed by atoms with Gasteiger partial charge in [-0.2, -0.15) is 0 Å². The second-order valence-electron chi connectivity index (χ2n) is 3.16. The van der Waals surface area contributed by atoms with Gasteiger partial charge in [-0.1, -0.05) is 12.2 Å². The van der Waals surface area contributed by atoms with Crippen molar-refractivity contribution >= 4 is 17.2 Å². The van der Waals surface area contributed by atoms with Gasteiger partial charge in [-0.15, -0.1) is 0 Å². The molecule has 0 heterocycles. The Kier molecular flexibility index (Phi) is 5.09. The summed E-state index contributed by atoms with van der Waals surface area (Å²) < 4.78 is 34.3. The molecule has 0 bridgehead atoms. The predicted octanol–water partition coefficient (Wildman–Crippen LogP) is 2.36. The molecular formula is C11H13F2NO2S. The summed E-state index contributed by atoms with van der Waals surface area (Å²) in [6.45, 7) is 1.50.